The van der Waals surface area contributed by atoms with Gasteiger partial charge in [-0.05, 0) is 47.0 Å². The van der Waals surface area contributed by atoms with Crippen molar-refractivity contribution in [2.75, 3.05) is 7.11 Å². The van der Waals surface area contributed by atoms with Crippen LogP contribution in [-0.2, 0) is 6.61 Å². The Morgan fingerprint density at radius 2 is 1.79 bits per heavy atom. The van der Waals surface area contributed by atoms with Crippen LogP contribution in [0.3, 0.4) is 0 Å². The van der Waals surface area contributed by atoms with Gasteiger partial charge in [-0.3, -0.25) is 4.79 Å². The first-order valence-electron chi connectivity index (χ1n) is 9.23. The molecule has 0 aromatic heterocycles. The van der Waals surface area contributed by atoms with Crippen molar-refractivity contribution in [2.45, 2.75) is 6.61 Å². The summed E-state index contributed by atoms with van der Waals surface area (Å²) < 4.78 is 16.9. The Hall–Kier alpha value is -3.79. The number of Topliss-reactive ketones (excluding diaryl/α,β-unsaturated/α-hetero) is 1. The molecule has 29 heavy (non-hydrogen) atoms. The molecule has 0 spiro atoms. The Morgan fingerprint density at radius 1 is 0.966 bits per heavy atom. The fourth-order valence-electron chi connectivity index (χ4n) is 3.06. The monoisotopic (exact) mass is 384 g/mol. The number of allylic oxidation sites excluding steroid dienone is 1. The van der Waals surface area contributed by atoms with E-state index in [1.54, 1.807) is 37.5 Å². The zero-order valence-electron chi connectivity index (χ0n) is 16.1. The second-order valence-corrected chi connectivity index (χ2v) is 6.61. The first kappa shape index (κ1) is 18.6. The molecule has 0 aliphatic carbocycles. The molecule has 4 nitrogen and oxygen atoms in total. The molecule has 0 radical (unpaired) electrons. The molecule has 3 aromatic rings. The van der Waals surface area contributed by atoms with Gasteiger partial charge in [-0.25, -0.2) is 0 Å². The van der Waals surface area contributed by atoms with E-state index < -0.39 is 0 Å². The highest BCUT2D eigenvalue weighted by Crippen LogP contribution is 2.35. The number of methoxy groups -OCH3 is 1. The molecule has 0 unspecified atom stereocenters. The molecule has 0 saturated carbocycles. The average molecular weight is 384 g/mol. The lowest BCUT2D eigenvalue weighted by Gasteiger charge is -2.07. The molecule has 4 heteroatoms. The topological polar surface area (TPSA) is 44.8 Å². The molecule has 0 saturated heterocycles. The van der Waals surface area contributed by atoms with E-state index in [2.05, 4.69) is 6.58 Å². The molecule has 0 atom stereocenters. The first-order chi connectivity index (χ1) is 14.2. The molecule has 4 rings (SSSR count). The van der Waals surface area contributed by atoms with Crippen LogP contribution in [0.4, 0.5) is 0 Å². The lowest BCUT2D eigenvalue weighted by molar-refractivity contribution is 0.101. The van der Waals surface area contributed by atoms with Gasteiger partial charge in [0.2, 0.25) is 5.78 Å². The Kier molecular flexibility index (Phi) is 5.16. The van der Waals surface area contributed by atoms with Gasteiger partial charge in [-0.2, -0.15) is 0 Å². The largest absolute Gasteiger partial charge is 0.497 e. The zero-order chi connectivity index (χ0) is 20.2. The maximum absolute atomic E-state index is 12.6. The van der Waals surface area contributed by atoms with Gasteiger partial charge >= 0.3 is 0 Å². The number of ketones is 1. The van der Waals surface area contributed by atoms with Crippen molar-refractivity contribution < 1.29 is 19.0 Å². The summed E-state index contributed by atoms with van der Waals surface area (Å²) >= 11 is 0. The van der Waals surface area contributed by atoms with Crippen LogP contribution < -0.4 is 14.2 Å². The molecule has 0 amide bonds. The lowest BCUT2D eigenvalue weighted by Crippen LogP contribution is -1.98. The van der Waals surface area contributed by atoms with Crippen molar-refractivity contribution in [2.24, 2.45) is 0 Å². The van der Waals surface area contributed by atoms with Crippen LogP contribution in [-0.4, -0.2) is 12.9 Å². The predicted molar refractivity (Wildman–Crippen MR) is 113 cm³/mol. The number of hydrogen-bond donors (Lipinski definition) is 0. The molecule has 0 bridgehead atoms. The average Bonchev–Trinajstić information content (AvgIpc) is 3.07. The summed E-state index contributed by atoms with van der Waals surface area (Å²) in [5, 5.41) is 0. The van der Waals surface area contributed by atoms with Gasteiger partial charge in [0.25, 0.3) is 0 Å². The van der Waals surface area contributed by atoms with E-state index >= 15 is 0 Å². The van der Waals surface area contributed by atoms with Crippen LogP contribution in [0.15, 0.2) is 79.1 Å². The quantitative estimate of drug-likeness (QED) is 0.524. The minimum absolute atomic E-state index is 0.144. The third-order valence-electron chi connectivity index (χ3n) is 4.65. The standard InChI is InChI=1S/C25H20O4/c1-3-17-7-9-18(10-8-17)16-28-21-11-12-22-23(15-21)29-24(25(22)26)14-19-5-4-6-20(13-19)27-2/h3-15H,1,16H2,2H3/b24-14-. The van der Waals surface area contributed by atoms with Gasteiger partial charge in [0.1, 0.15) is 23.9 Å². The summed E-state index contributed by atoms with van der Waals surface area (Å²) in [4.78, 5) is 12.6. The van der Waals surface area contributed by atoms with Gasteiger partial charge in [0.15, 0.2) is 5.76 Å². The van der Waals surface area contributed by atoms with Crippen LogP contribution >= 0.6 is 0 Å². The molecule has 144 valence electrons. The van der Waals surface area contributed by atoms with Gasteiger partial charge < -0.3 is 14.2 Å². The molecular weight excluding hydrogens is 364 g/mol. The van der Waals surface area contributed by atoms with Crippen LogP contribution in [0, 0.1) is 0 Å². The fourth-order valence-corrected chi connectivity index (χ4v) is 3.06. The zero-order valence-corrected chi connectivity index (χ0v) is 16.1. The minimum atomic E-state index is -0.144. The predicted octanol–water partition coefficient (Wildman–Crippen LogP) is 5.53. The number of ether oxygens (including phenoxy) is 3. The summed E-state index contributed by atoms with van der Waals surface area (Å²) in [5.41, 5.74) is 3.47. The van der Waals surface area contributed by atoms with Gasteiger partial charge in [0, 0.05) is 6.07 Å². The minimum Gasteiger partial charge on any atom is -0.497 e. The highest BCUT2D eigenvalue weighted by Gasteiger charge is 2.27. The SMILES string of the molecule is C=Cc1ccc(COc2ccc3c(c2)O/C(=C\c2cccc(OC)c2)C3=O)cc1. The summed E-state index contributed by atoms with van der Waals surface area (Å²) in [7, 11) is 1.61. The Bertz CT molecular complexity index is 1090. The van der Waals surface area contributed by atoms with Crippen LogP contribution in [0.5, 0.6) is 17.2 Å². The van der Waals surface area contributed by atoms with Crippen molar-refractivity contribution >= 4 is 17.9 Å². The van der Waals surface area contributed by atoms with Crippen molar-refractivity contribution in [1.82, 2.24) is 0 Å². The summed E-state index contributed by atoms with van der Waals surface area (Å²) in [6, 6.07) is 20.7. The van der Waals surface area contributed by atoms with E-state index in [1.165, 1.54) is 0 Å². The number of hydrogen-bond acceptors (Lipinski definition) is 4. The van der Waals surface area contributed by atoms with E-state index in [1.807, 2.05) is 48.5 Å². The molecule has 0 N–H and O–H groups in total. The maximum Gasteiger partial charge on any atom is 0.231 e. The molecule has 3 aromatic carbocycles. The molecule has 1 heterocycles. The smallest absolute Gasteiger partial charge is 0.231 e. The van der Waals surface area contributed by atoms with E-state index in [0.717, 1.165) is 22.4 Å². The lowest BCUT2D eigenvalue weighted by atomic mass is 10.1. The molecular formula is C25H20O4. The summed E-state index contributed by atoms with van der Waals surface area (Å²) in [6.07, 6.45) is 3.52. The van der Waals surface area contributed by atoms with Crippen LogP contribution in [0.25, 0.3) is 12.2 Å². The fraction of sp³-hybridized carbons (Fsp3) is 0.0800. The van der Waals surface area contributed by atoms with Crippen molar-refractivity contribution in [3.05, 3.63) is 101 Å². The van der Waals surface area contributed by atoms with E-state index in [9.17, 15) is 4.79 Å². The Balaban J connectivity index is 1.49. The summed E-state index contributed by atoms with van der Waals surface area (Å²) in [6.45, 7) is 4.18. The first-order valence-corrected chi connectivity index (χ1v) is 9.23. The van der Waals surface area contributed by atoms with Gasteiger partial charge in [-0.15, -0.1) is 0 Å². The van der Waals surface area contributed by atoms with E-state index in [-0.39, 0.29) is 11.5 Å². The van der Waals surface area contributed by atoms with Gasteiger partial charge in [0.05, 0.1) is 12.7 Å². The number of carbonyl (C=O) groups is 1. The number of rotatable bonds is 6. The molecule has 0 fully saturated rings. The number of fused-ring (bicyclic) bond motifs is 1. The second-order valence-electron chi connectivity index (χ2n) is 6.61. The second kappa shape index (κ2) is 8.07. The van der Waals surface area contributed by atoms with Crippen molar-refractivity contribution in [1.29, 1.82) is 0 Å². The van der Waals surface area contributed by atoms with E-state index in [4.69, 9.17) is 14.2 Å². The van der Waals surface area contributed by atoms with Gasteiger partial charge in [-0.1, -0.05) is 49.1 Å². The highest BCUT2D eigenvalue weighted by molar-refractivity contribution is 6.14. The Morgan fingerprint density at radius 3 is 2.55 bits per heavy atom. The summed E-state index contributed by atoms with van der Waals surface area (Å²) in [5.74, 6) is 2.01. The number of carbonyl (C=O) groups excluding carboxylic acids is 1. The third-order valence-corrected chi connectivity index (χ3v) is 4.65. The van der Waals surface area contributed by atoms with E-state index in [0.29, 0.717) is 23.7 Å². The highest BCUT2D eigenvalue weighted by atomic mass is 16.5. The normalized spacial score (nSPS) is 13.7. The maximum atomic E-state index is 12.6. The van der Waals surface area contributed by atoms with Crippen molar-refractivity contribution in [3.63, 3.8) is 0 Å². The van der Waals surface area contributed by atoms with Crippen LogP contribution in [0.1, 0.15) is 27.0 Å². The molecule has 1 aliphatic heterocycles. The third kappa shape index (κ3) is 4.06. The number of benzene rings is 3. The Labute approximate surface area is 169 Å². The van der Waals surface area contributed by atoms with Crippen molar-refractivity contribution in [3.8, 4) is 17.2 Å². The molecule has 1 aliphatic rings. The van der Waals surface area contributed by atoms with Crippen LogP contribution in [0.2, 0.25) is 0 Å².